The highest BCUT2D eigenvalue weighted by Crippen LogP contribution is 2.18. The van der Waals surface area contributed by atoms with Crippen molar-refractivity contribution in [3.05, 3.63) is 53.3 Å². The van der Waals surface area contributed by atoms with Crippen molar-refractivity contribution >= 4 is 6.09 Å². The van der Waals surface area contributed by atoms with Crippen LogP contribution in [0.2, 0.25) is 0 Å². The quantitative estimate of drug-likeness (QED) is 0.837. The summed E-state index contributed by atoms with van der Waals surface area (Å²) < 4.78 is 24.6. The molecule has 0 spiro atoms. The molecule has 0 aliphatic carbocycles. The second kappa shape index (κ2) is 8.30. The third kappa shape index (κ3) is 4.48. The van der Waals surface area contributed by atoms with Crippen LogP contribution in [0.3, 0.4) is 0 Å². The van der Waals surface area contributed by atoms with Gasteiger partial charge in [0.05, 0.1) is 11.6 Å². The van der Waals surface area contributed by atoms with E-state index < -0.39 is 11.9 Å². The van der Waals surface area contributed by atoms with Crippen LogP contribution >= 0.6 is 0 Å². The van der Waals surface area contributed by atoms with Crippen LogP contribution in [0.4, 0.5) is 9.18 Å². The van der Waals surface area contributed by atoms with E-state index in [0.29, 0.717) is 18.7 Å². The molecule has 1 saturated heterocycles. The molecular formula is C19H18FN3O3. The van der Waals surface area contributed by atoms with E-state index in [1.165, 1.54) is 12.1 Å². The Morgan fingerprint density at radius 3 is 2.69 bits per heavy atom. The predicted octanol–water partition coefficient (Wildman–Crippen LogP) is 3.66. The predicted molar refractivity (Wildman–Crippen MR) is 91.1 cm³/mol. The molecular weight excluding hydrogens is 337 g/mol. The number of hydrogen-bond acceptors (Lipinski definition) is 5. The Kier molecular flexibility index (Phi) is 5.64. The fourth-order valence-corrected chi connectivity index (χ4v) is 2.65. The number of aromatic nitrogens is 1. The third-order valence-corrected chi connectivity index (χ3v) is 4.06. The van der Waals surface area contributed by atoms with E-state index in [9.17, 15) is 9.18 Å². The number of amides is 1. The number of hydrogen-bond donors (Lipinski definition) is 0. The summed E-state index contributed by atoms with van der Waals surface area (Å²) in [5, 5.41) is 8.75. The van der Waals surface area contributed by atoms with Crippen LogP contribution in [0.5, 0.6) is 11.8 Å². The van der Waals surface area contributed by atoms with E-state index in [-0.39, 0.29) is 23.9 Å². The first-order valence-electron chi connectivity index (χ1n) is 8.41. The van der Waals surface area contributed by atoms with E-state index in [1.807, 2.05) is 6.07 Å². The molecule has 26 heavy (non-hydrogen) atoms. The summed E-state index contributed by atoms with van der Waals surface area (Å²) in [5.74, 6) is -0.159. The van der Waals surface area contributed by atoms with Crippen molar-refractivity contribution in [3.8, 4) is 17.8 Å². The van der Waals surface area contributed by atoms with Gasteiger partial charge in [-0.25, -0.2) is 9.18 Å². The number of carbonyl (C=O) groups excluding carboxylic acids is 1. The summed E-state index contributed by atoms with van der Waals surface area (Å²) in [6.07, 6.45) is 2.65. The average molecular weight is 355 g/mol. The van der Waals surface area contributed by atoms with Gasteiger partial charge in [0.25, 0.3) is 0 Å². The smallest absolute Gasteiger partial charge is 0.416 e. The van der Waals surface area contributed by atoms with Crippen molar-refractivity contribution in [1.29, 1.82) is 5.26 Å². The number of piperidine rings is 1. The number of halogens is 1. The molecule has 1 fully saturated rings. The molecule has 0 N–H and O–H groups in total. The maximum atomic E-state index is 13.9. The van der Waals surface area contributed by atoms with Crippen molar-refractivity contribution in [2.45, 2.75) is 25.9 Å². The van der Waals surface area contributed by atoms with E-state index in [1.54, 1.807) is 23.1 Å². The number of nitrogens with zero attached hydrogens (tertiary/aromatic N) is 3. The van der Waals surface area contributed by atoms with E-state index in [0.717, 1.165) is 25.3 Å². The molecule has 1 aromatic heterocycles. The number of benzene rings is 1. The van der Waals surface area contributed by atoms with Crippen LogP contribution in [-0.4, -0.2) is 29.1 Å². The molecule has 3 rings (SSSR count). The van der Waals surface area contributed by atoms with Crippen LogP contribution in [0.25, 0.3) is 0 Å². The van der Waals surface area contributed by atoms with Gasteiger partial charge in [0, 0.05) is 30.8 Å². The van der Waals surface area contributed by atoms with Crippen molar-refractivity contribution < 1.29 is 18.7 Å². The van der Waals surface area contributed by atoms with E-state index >= 15 is 0 Å². The van der Waals surface area contributed by atoms with Crippen molar-refractivity contribution in [3.63, 3.8) is 0 Å². The van der Waals surface area contributed by atoms with Crippen LogP contribution in [-0.2, 0) is 6.61 Å². The lowest BCUT2D eigenvalue weighted by Crippen LogP contribution is -2.37. The van der Waals surface area contributed by atoms with Crippen LogP contribution in [0.15, 0.2) is 36.4 Å². The zero-order valence-electron chi connectivity index (χ0n) is 14.2. The molecule has 0 bridgehead atoms. The van der Waals surface area contributed by atoms with Crippen LogP contribution in [0.1, 0.15) is 30.4 Å². The number of nitriles is 1. The number of likely N-dealkylation sites (tertiary alicyclic amines) is 1. The van der Waals surface area contributed by atoms with Crippen molar-refractivity contribution in [2.75, 3.05) is 13.1 Å². The van der Waals surface area contributed by atoms with Gasteiger partial charge in [0.2, 0.25) is 11.8 Å². The Balaban J connectivity index is 1.60. The van der Waals surface area contributed by atoms with Gasteiger partial charge in [-0.05, 0) is 31.4 Å². The summed E-state index contributed by atoms with van der Waals surface area (Å²) in [4.78, 5) is 17.9. The largest absolute Gasteiger partial charge is 0.473 e. The molecule has 6 nitrogen and oxygen atoms in total. The maximum Gasteiger partial charge on any atom is 0.416 e. The Labute approximate surface area is 150 Å². The second-order valence-corrected chi connectivity index (χ2v) is 5.94. The third-order valence-electron chi connectivity index (χ3n) is 4.06. The van der Waals surface area contributed by atoms with Gasteiger partial charge in [-0.15, -0.1) is 0 Å². The normalized spacial score (nSPS) is 13.8. The first-order chi connectivity index (χ1) is 12.7. The highest BCUT2D eigenvalue weighted by Gasteiger charge is 2.19. The van der Waals surface area contributed by atoms with Gasteiger partial charge >= 0.3 is 6.09 Å². The number of ether oxygens (including phenoxy) is 2. The van der Waals surface area contributed by atoms with Crippen molar-refractivity contribution in [1.82, 2.24) is 9.88 Å². The Morgan fingerprint density at radius 2 is 1.96 bits per heavy atom. The topological polar surface area (TPSA) is 75.5 Å². The van der Waals surface area contributed by atoms with Gasteiger partial charge in [-0.3, -0.25) is 0 Å². The van der Waals surface area contributed by atoms with Gasteiger partial charge in [-0.2, -0.15) is 10.2 Å². The molecule has 134 valence electrons. The van der Waals surface area contributed by atoms with Crippen LogP contribution < -0.4 is 9.47 Å². The number of pyridine rings is 1. The molecule has 0 unspecified atom stereocenters. The highest BCUT2D eigenvalue weighted by atomic mass is 19.1. The highest BCUT2D eigenvalue weighted by molar-refractivity contribution is 5.70. The Morgan fingerprint density at radius 1 is 1.19 bits per heavy atom. The molecule has 0 atom stereocenters. The Bertz CT molecular complexity index is 829. The lowest BCUT2D eigenvalue weighted by atomic mass is 10.1. The molecule has 1 amide bonds. The minimum absolute atomic E-state index is 0.0476. The second-order valence-electron chi connectivity index (χ2n) is 5.94. The number of carbonyl (C=O) groups is 1. The fraction of sp³-hybridized carbons (Fsp3) is 0.316. The maximum absolute atomic E-state index is 13.9. The molecule has 2 aromatic rings. The van der Waals surface area contributed by atoms with Crippen molar-refractivity contribution in [2.24, 2.45) is 0 Å². The number of rotatable bonds is 4. The molecule has 0 radical (unpaired) electrons. The molecule has 0 saturated carbocycles. The SMILES string of the molecule is N#Cc1ccc(COc2cccc(OC(=O)N3CCCCC3)n2)c(F)c1. The summed E-state index contributed by atoms with van der Waals surface area (Å²) in [7, 11) is 0. The van der Waals surface area contributed by atoms with Gasteiger partial charge < -0.3 is 14.4 Å². The zero-order valence-corrected chi connectivity index (χ0v) is 14.2. The summed E-state index contributed by atoms with van der Waals surface area (Å²) in [6.45, 7) is 1.33. The van der Waals surface area contributed by atoms with E-state index in [2.05, 4.69) is 4.98 Å². The van der Waals surface area contributed by atoms with Gasteiger partial charge in [0.15, 0.2) is 0 Å². The summed E-state index contributed by atoms with van der Waals surface area (Å²) in [5.41, 5.74) is 0.553. The standard InChI is InChI=1S/C19H18FN3O3/c20-16-11-14(12-21)7-8-15(16)13-25-17-5-4-6-18(22-17)26-19(24)23-9-2-1-3-10-23/h4-8,11H,1-3,9-10,13H2. The first-order valence-corrected chi connectivity index (χ1v) is 8.41. The summed E-state index contributed by atoms with van der Waals surface area (Å²) in [6, 6.07) is 10.9. The minimum Gasteiger partial charge on any atom is -0.473 e. The first kappa shape index (κ1) is 17.7. The monoisotopic (exact) mass is 355 g/mol. The van der Waals surface area contributed by atoms with Gasteiger partial charge in [-0.1, -0.05) is 12.1 Å². The lowest BCUT2D eigenvalue weighted by Gasteiger charge is -2.25. The molecule has 7 heteroatoms. The molecule has 1 aromatic carbocycles. The average Bonchev–Trinajstić information content (AvgIpc) is 2.68. The molecule has 1 aliphatic rings. The van der Waals surface area contributed by atoms with E-state index in [4.69, 9.17) is 14.7 Å². The molecule has 2 heterocycles. The van der Waals surface area contributed by atoms with Gasteiger partial charge in [0.1, 0.15) is 12.4 Å². The minimum atomic E-state index is -0.517. The fourth-order valence-electron chi connectivity index (χ4n) is 2.65. The molecule has 1 aliphatic heterocycles. The Hall–Kier alpha value is -3.14. The lowest BCUT2D eigenvalue weighted by molar-refractivity contribution is 0.140. The van der Waals surface area contributed by atoms with Crippen LogP contribution in [0, 0.1) is 17.1 Å². The zero-order chi connectivity index (χ0) is 18.4. The summed E-state index contributed by atoms with van der Waals surface area (Å²) >= 11 is 0.